The number of anilines is 1. The van der Waals surface area contributed by atoms with Crippen molar-refractivity contribution in [1.29, 1.82) is 0 Å². The summed E-state index contributed by atoms with van der Waals surface area (Å²) in [5, 5.41) is 14.6. The summed E-state index contributed by atoms with van der Waals surface area (Å²) in [5.74, 6) is 4.67. The van der Waals surface area contributed by atoms with Gasteiger partial charge in [-0.15, -0.1) is 6.42 Å². The normalized spacial score (nSPS) is 39.6. The Hall–Kier alpha value is -1.50. The molecular formula is C25H34N2O. The lowest BCUT2D eigenvalue weighted by Gasteiger charge is -2.52. The van der Waals surface area contributed by atoms with Crippen molar-refractivity contribution in [3.05, 3.63) is 28.8 Å². The van der Waals surface area contributed by atoms with Crippen LogP contribution in [-0.2, 0) is 6.42 Å². The molecule has 5 atom stereocenters. The highest BCUT2D eigenvalue weighted by atomic mass is 16.3. The molecule has 3 nitrogen and oxygen atoms in total. The summed E-state index contributed by atoms with van der Waals surface area (Å²) in [6.07, 6.45) is 12.3. The number of hydrogen-bond acceptors (Lipinski definition) is 3. The van der Waals surface area contributed by atoms with Crippen molar-refractivity contribution < 1.29 is 5.11 Å². The number of aliphatic hydroxyl groups is 1. The maximum Gasteiger partial charge on any atom is 0.130 e. The molecule has 1 heterocycles. The number of nitrogens with one attached hydrogen (secondary N) is 1. The summed E-state index contributed by atoms with van der Waals surface area (Å²) >= 11 is 0. The summed E-state index contributed by atoms with van der Waals surface area (Å²) in [7, 11) is 0. The second-order valence-electron chi connectivity index (χ2n) is 9.99. The van der Waals surface area contributed by atoms with E-state index in [2.05, 4.69) is 42.1 Å². The van der Waals surface area contributed by atoms with Gasteiger partial charge < -0.3 is 15.3 Å². The maximum atomic E-state index is 11.1. The number of piperazine rings is 1. The van der Waals surface area contributed by atoms with Gasteiger partial charge in [0, 0.05) is 37.3 Å². The first-order valence-corrected chi connectivity index (χ1v) is 11.3. The quantitative estimate of drug-likeness (QED) is 0.733. The van der Waals surface area contributed by atoms with Crippen LogP contribution in [0, 0.1) is 36.5 Å². The maximum absolute atomic E-state index is 11.1. The van der Waals surface area contributed by atoms with Crippen molar-refractivity contribution in [2.24, 2.45) is 17.3 Å². The number of benzene rings is 1. The molecule has 2 N–H and O–H groups in total. The van der Waals surface area contributed by atoms with Crippen LogP contribution in [0.3, 0.4) is 0 Å². The molecule has 4 aliphatic rings. The molecule has 5 rings (SSSR count). The Morgan fingerprint density at radius 1 is 1.18 bits per heavy atom. The summed E-state index contributed by atoms with van der Waals surface area (Å²) in [4.78, 5) is 2.56. The van der Waals surface area contributed by atoms with E-state index >= 15 is 0 Å². The van der Waals surface area contributed by atoms with Crippen molar-refractivity contribution in [2.75, 3.05) is 31.1 Å². The summed E-state index contributed by atoms with van der Waals surface area (Å²) in [6, 6.07) is 5.01. The van der Waals surface area contributed by atoms with Gasteiger partial charge in [0.25, 0.3) is 0 Å². The van der Waals surface area contributed by atoms with Crippen LogP contribution in [0.4, 0.5) is 5.69 Å². The van der Waals surface area contributed by atoms with Gasteiger partial charge in [0.15, 0.2) is 0 Å². The molecular weight excluding hydrogens is 344 g/mol. The molecule has 1 aromatic carbocycles. The van der Waals surface area contributed by atoms with E-state index in [-0.39, 0.29) is 5.41 Å². The molecule has 0 spiro atoms. The summed E-state index contributed by atoms with van der Waals surface area (Å²) in [6.45, 7) is 8.91. The smallest absolute Gasteiger partial charge is 0.130 e. The fourth-order valence-corrected chi connectivity index (χ4v) is 7.23. The van der Waals surface area contributed by atoms with Gasteiger partial charge in [-0.2, -0.15) is 0 Å². The van der Waals surface area contributed by atoms with Crippen LogP contribution in [0.15, 0.2) is 12.1 Å². The molecule has 0 bridgehead atoms. The van der Waals surface area contributed by atoms with Gasteiger partial charge in [-0.25, -0.2) is 0 Å². The molecule has 0 aromatic heterocycles. The van der Waals surface area contributed by atoms with E-state index in [9.17, 15) is 5.11 Å². The van der Waals surface area contributed by atoms with Crippen LogP contribution >= 0.6 is 0 Å². The lowest BCUT2D eigenvalue weighted by atomic mass is 9.53. The zero-order valence-electron chi connectivity index (χ0n) is 17.4. The topological polar surface area (TPSA) is 35.5 Å². The molecule has 1 saturated heterocycles. The van der Waals surface area contributed by atoms with Crippen molar-refractivity contribution in [1.82, 2.24) is 5.32 Å². The average molecular weight is 379 g/mol. The van der Waals surface area contributed by atoms with Gasteiger partial charge >= 0.3 is 0 Å². The highest BCUT2D eigenvalue weighted by Crippen LogP contribution is 2.64. The minimum absolute atomic E-state index is 0.105. The fraction of sp³-hybridized carbons (Fsp3) is 0.680. The molecule has 0 radical (unpaired) electrons. The monoisotopic (exact) mass is 378 g/mol. The van der Waals surface area contributed by atoms with E-state index in [1.807, 2.05) is 0 Å². The molecule has 28 heavy (non-hydrogen) atoms. The van der Waals surface area contributed by atoms with Gasteiger partial charge in [-0.3, -0.25) is 0 Å². The van der Waals surface area contributed by atoms with E-state index in [4.69, 9.17) is 6.42 Å². The predicted octanol–water partition coefficient (Wildman–Crippen LogP) is 3.63. The first-order valence-electron chi connectivity index (χ1n) is 11.3. The van der Waals surface area contributed by atoms with Crippen LogP contribution in [0.5, 0.6) is 0 Å². The van der Waals surface area contributed by atoms with Crippen molar-refractivity contribution >= 4 is 5.69 Å². The Morgan fingerprint density at radius 2 is 1.96 bits per heavy atom. The van der Waals surface area contributed by atoms with Crippen LogP contribution in [0.25, 0.3) is 0 Å². The van der Waals surface area contributed by atoms with Gasteiger partial charge in [0.2, 0.25) is 0 Å². The molecule has 150 valence electrons. The average Bonchev–Trinajstić information content (AvgIpc) is 2.99. The highest BCUT2D eigenvalue weighted by molar-refractivity contribution is 5.59. The second kappa shape index (κ2) is 6.51. The fourth-order valence-electron chi connectivity index (χ4n) is 7.23. The third-order valence-corrected chi connectivity index (χ3v) is 8.89. The van der Waals surface area contributed by atoms with E-state index in [1.54, 1.807) is 11.1 Å². The number of fused-ring (bicyclic) bond motifs is 5. The first-order chi connectivity index (χ1) is 13.5. The number of hydrogen-bond donors (Lipinski definition) is 2. The second-order valence-corrected chi connectivity index (χ2v) is 9.99. The van der Waals surface area contributed by atoms with Crippen LogP contribution in [0.1, 0.15) is 61.6 Å². The molecule has 1 aromatic rings. The number of terminal acetylenes is 1. The lowest BCUT2D eigenvalue weighted by Crippen LogP contribution is -2.50. The molecule has 2 saturated carbocycles. The van der Waals surface area contributed by atoms with Gasteiger partial charge in [0.05, 0.1) is 0 Å². The Balaban J connectivity index is 1.50. The van der Waals surface area contributed by atoms with E-state index < -0.39 is 5.60 Å². The van der Waals surface area contributed by atoms with E-state index in [0.717, 1.165) is 45.4 Å². The Morgan fingerprint density at radius 3 is 2.71 bits per heavy atom. The Kier molecular flexibility index (Phi) is 4.30. The molecule has 1 aliphatic heterocycles. The summed E-state index contributed by atoms with van der Waals surface area (Å²) < 4.78 is 0. The zero-order valence-corrected chi connectivity index (χ0v) is 17.4. The Labute approximate surface area is 169 Å². The van der Waals surface area contributed by atoms with E-state index in [0.29, 0.717) is 17.8 Å². The predicted molar refractivity (Wildman–Crippen MR) is 115 cm³/mol. The minimum Gasteiger partial charge on any atom is -0.377 e. The standard InChI is InChI=1S/C25H34N2O/c1-4-25(28)10-8-22-20-6-5-18-15-17(2)23(27-13-11-26-12-14-27)16-21(18)19(20)7-9-24(22,25)3/h1,15-16,19-20,22,26,28H,5-14H2,2-3H3/t19?,20?,22?,24-,25-/m0/s1. The molecule has 3 heteroatoms. The van der Waals surface area contributed by atoms with Gasteiger partial charge in [-0.05, 0) is 86.0 Å². The van der Waals surface area contributed by atoms with Gasteiger partial charge in [0.1, 0.15) is 5.60 Å². The van der Waals surface area contributed by atoms with Crippen LogP contribution in [0.2, 0.25) is 0 Å². The molecule has 3 unspecified atom stereocenters. The first kappa shape index (κ1) is 18.5. The Bertz CT molecular complexity index is 821. The zero-order chi connectivity index (χ0) is 19.5. The van der Waals surface area contributed by atoms with Gasteiger partial charge in [-0.1, -0.05) is 18.9 Å². The largest absolute Gasteiger partial charge is 0.377 e. The molecule has 3 fully saturated rings. The number of nitrogens with zero attached hydrogens (tertiary/aromatic N) is 1. The molecule has 0 amide bonds. The van der Waals surface area contributed by atoms with Crippen molar-refractivity contribution in [3.8, 4) is 12.3 Å². The van der Waals surface area contributed by atoms with Crippen molar-refractivity contribution in [3.63, 3.8) is 0 Å². The summed E-state index contributed by atoms with van der Waals surface area (Å²) in [5.41, 5.74) is 5.05. The highest BCUT2D eigenvalue weighted by Gasteiger charge is 2.61. The van der Waals surface area contributed by atoms with E-state index in [1.165, 1.54) is 30.5 Å². The SMILES string of the molecule is C#C[C@]1(O)CCC2C3CCc4cc(C)c(N5CCNCC5)cc4C3CC[C@@]21C. The third kappa shape index (κ3) is 2.50. The third-order valence-electron chi connectivity index (χ3n) is 8.89. The minimum atomic E-state index is -0.901. The molecule has 3 aliphatic carbocycles. The lowest BCUT2D eigenvalue weighted by molar-refractivity contribution is -0.0646. The number of rotatable bonds is 1. The van der Waals surface area contributed by atoms with Crippen molar-refractivity contribution in [2.45, 2.75) is 63.9 Å². The van der Waals surface area contributed by atoms with Crippen LogP contribution in [-0.4, -0.2) is 36.9 Å². The van der Waals surface area contributed by atoms with Crippen LogP contribution < -0.4 is 10.2 Å². The number of aryl methyl sites for hydroxylation is 2.